The van der Waals surface area contributed by atoms with Crippen LogP contribution in [0.5, 0.6) is 0 Å². The molecule has 21 heavy (non-hydrogen) atoms. The molecule has 1 rings (SSSR count). The Morgan fingerprint density at radius 1 is 0.905 bits per heavy atom. The summed E-state index contributed by atoms with van der Waals surface area (Å²) in [5, 5.41) is 1.01. The van der Waals surface area contributed by atoms with Crippen LogP contribution >= 0.6 is 0 Å². The van der Waals surface area contributed by atoms with Crippen molar-refractivity contribution in [1.29, 1.82) is 0 Å². The van der Waals surface area contributed by atoms with Crippen LogP contribution in [-0.2, 0) is 19.7 Å². The van der Waals surface area contributed by atoms with Crippen molar-refractivity contribution in [2.75, 3.05) is 21.3 Å². The summed E-state index contributed by atoms with van der Waals surface area (Å²) < 4.78 is 16.5. The molecule has 0 aromatic heterocycles. The van der Waals surface area contributed by atoms with Crippen molar-refractivity contribution in [3.05, 3.63) is 29.8 Å². The summed E-state index contributed by atoms with van der Waals surface area (Å²) in [6, 6.07) is 8.49. The maximum atomic E-state index is 5.50. The standard InChI is InChI=1S/C17H30O3Si/c1-6-15(7-2)9-8-10-16-11-13-17(14-12-16)21(18-3,19-4)20-5/h11-15H,6-10H2,1-5H3. The summed E-state index contributed by atoms with van der Waals surface area (Å²) in [5.41, 5.74) is 1.37. The summed E-state index contributed by atoms with van der Waals surface area (Å²) in [4.78, 5) is 0. The van der Waals surface area contributed by atoms with E-state index >= 15 is 0 Å². The average Bonchev–Trinajstić information content (AvgIpc) is 2.55. The highest BCUT2D eigenvalue weighted by molar-refractivity contribution is 6.75. The first-order valence-electron chi connectivity index (χ1n) is 7.90. The Morgan fingerprint density at radius 2 is 1.43 bits per heavy atom. The van der Waals surface area contributed by atoms with E-state index in [9.17, 15) is 0 Å². The Morgan fingerprint density at radius 3 is 1.86 bits per heavy atom. The molecule has 0 bridgehead atoms. The second kappa shape index (κ2) is 9.36. The summed E-state index contributed by atoms with van der Waals surface area (Å²) in [5.74, 6) is 0.875. The molecule has 0 atom stereocenters. The van der Waals surface area contributed by atoms with Gasteiger partial charge >= 0.3 is 8.80 Å². The zero-order valence-electron chi connectivity index (χ0n) is 14.1. The second-order valence-electron chi connectivity index (χ2n) is 5.44. The summed E-state index contributed by atoms with van der Waals surface area (Å²) >= 11 is 0. The van der Waals surface area contributed by atoms with Gasteiger partial charge in [-0.05, 0) is 24.3 Å². The quantitative estimate of drug-likeness (QED) is 0.619. The van der Waals surface area contributed by atoms with Crippen molar-refractivity contribution >= 4 is 14.0 Å². The molecule has 3 nitrogen and oxygen atoms in total. The molecule has 120 valence electrons. The largest absolute Gasteiger partial charge is 0.536 e. The molecule has 0 N–H and O–H groups in total. The van der Waals surface area contributed by atoms with Gasteiger partial charge in [0.05, 0.1) is 0 Å². The van der Waals surface area contributed by atoms with E-state index in [1.165, 1.54) is 31.2 Å². The van der Waals surface area contributed by atoms with E-state index in [-0.39, 0.29) is 0 Å². The fraction of sp³-hybridized carbons (Fsp3) is 0.647. The molecular formula is C17H30O3Si. The Kier molecular flexibility index (Phi) is 8.18. The van der Waals surface area contributed by atoms with Crippen LogP contribution in [0.1, 0.15) is 45.1 Å². The van der Waals surface area contributed by atoms with E-state index in [1.807, 2.05) is 0 Å². The Hall–Kier alpha value is -0.683. The minimum atomic E-state index is -2.68. The van der Waals surface area contributed by atoms with Crippen LogP contribution in [0.2, 0.25) is 0 Å². The minimum Gasteiger partial charge on any atom is -0.373 e. The molecule has 0 saturated heterocycles. The third-order valence-corrected chi connectivity index (χ3v) is 7.00. The van der Waals surface area contributed by atoms with Crippen LogP contribution in [0.4, 0.5) is 0 Å². The lowest BCUT2D eigenvalue weighted by atomic mass is 9.95. The van der Waals surface area contributed by atoms with Crippen LogP contribution in [0.15, 0.2) is 24.3 Å². The van der Waals surface area contributed by atoms with Gasteiger partial charge in [-0.3, -0.25) is 0 Å². The van der Waals surface area contributed by atoms with Crippen molar-refractivity contribution in [3.63, 3.8) is 0 Å². The lowest BCUT2D eigenvalue weighted by molar-refractivity contribution is 0.140. The van der Waals surface area contributed by atoms with Gasteiger partial charge in [-0.25, -0.2) is 0 Å². The normalized spacial score (nSPS) is 12.1. The maximum absolute atomic E-state index is 5.50. The van der Waals surface area contributed by atoms with Gasteiger partial charge in [-0.1, -0.05) is 57.4 Å². The van der Waals surface area contributed by atoms with Crippen molar-refractivity contribution < 1.29 is 13.3 Å². The highest BCUT2D eigenvalue weighted by atomic mass is 28.4. The van der Waals surface area contributed by atoms with Crippen LogP contribution in [0.3, 0.4) is 0 Å². The monoisotopic (exact) mass is 310 g/mol. The van der Waals surface area contributed by atoms with Crippen molar-refractivity contribution in [1.82, 2.24) is 0 Å². The van der Waals surface area contributed by atoms with Gasteiger partial charge < -0.3 is 13.3 Å². The third-order valence-electron chi connectivity index (χ3n) is 4.35. The summed E-state index contributed by atoms with van der Waals surface area (Å²) in [6.45, 7) is 4.57. The van der Waals surface area contributed by atoms with Crippen LogP contribution in [-0.4, -0.2) is 30.1 Å². The van der Waals surface area contributed by atoms with Gasteiger partial charge in [-0.15, -0.1) is 0 Å². The summed E-state index contributed by atoms with van der Waals surface area (Å²) in [7, 11) is 2.25. The van der Waals surface area contributed by atoms with E-state index in [1.54, 1.807) is 21.3 Å². The molecule has 1 aromatic carbocycles. The zero-order chi connectivity index (χ0) is 15.7. The molecule has 0 amide bonds. The molecule has 0 aliphatic carbocycles. The smallest absolute Gasteiger partial charge is 0.373 e. The molecule has 0 spiro atoms. The number of aryl methyl sites for hydroxylation is 1. The number of hydrogen-bond donors (Lipinski definition) is 0. The van der Waals surface area contributed by atoms with Crippen LogP contribution < -0.4 is 5.19 Å². The Labute approximate surface area is 131 Å². The second-order valence-corrected chi connectivity index (χ2v) is 8.35. The van der Waals surface area contributed by atoms with E-state index in [4.69, 9.17) is 13.3 Å². The van der Waals surface area contributed by atoms with Crippen molar-refractivity contribution in [2.45, 2.75) is 46.0 Å². The topological polar surface area (TPSA) is 27.7 Å². The summed E-state index contributed by atoms with van der Waals surface area (Å²) in [6.07, 6.45) is 6.30. The molecule has 4 heteroatoms. The zero-order valence-corrected chi connectivity index (χ0v) is 15.1. The van der Waals surface area contributed by atoms with Crippen molar-refractivity contribution in [2.24, 2.45) is 5.92 Å². The number of rotatable bonds is 10. The predicted molar refractivity (Wildman–Crippen MR) is 89.9 cm³/mol. The highest BCUT2D eigenvalue weighted by Crippen LogP contribution is 2.17. The van der Waals surface area contributed by atoms with E-state index in [0.717, 1.165) is 17.5 Å². The molecule has 0 unspecified atom stereocenters. The fourth-order valence-corrected chi connectivity index (χ4v) is 4.55. The first kappa shape index (κ1) is 18.4. The molecule has 0 saturated carbocycles. The van der Waals surface area contributed by atoms with Crippen LogP contribution in [0.25, 0.3) is 0 Å². The third kappa shape index (κ3) is 4.92. The first-order chi connectivity index (χ1) is 10.2. The van der Waals surface area contributed by atoms with Crippen molar-refractivity contribution in [3.8, 4) is 0 Å². The fourth-order valence-electron chi connectivity index (χ4n) is 2.77. The van der Waals surface area contributed by atoms with Crippen LogP contribution in [0, 0.1) is 5.92 Å². The van der Waals surface area contributed by atoms with Gasteiger partial charge in [0.25, 0.3) is 0 Å². The van der Waals surface area contributed by atoms with E-state index in [2.05, 4.69) is 38.1 Å². The lowest BCUT2D eigenvalue weighted by Gasteiger charge is -2.24. The SMILES string of the molecule is CCC(CC)CCCc1ccc([Si](OC)(OC)OC)cc1. The molecule has 0 aliphatic rings. The Balaban J connectivity index is 2.61. The van der Waals surface area contributed by atoms with Gasteiger partial charge in [0.1, 0.15) is 0 Å². The predicted octanol–water partition coefficient (Wildman–Crippen LogP) is 3.53. The molecular weight excluding hydrogens is 280 g/mol. The Bertz CT molecular complexity index is 375. The molecule has 0 radical (unpaired) electrons. The molecule has 0 heterocycles. The number of benzene rings is 1. The van der Waals surface area contributed by atoms with E-state index in [0.29, 0.717) is 0 Å². The average molecular weight is 311 g/mol. The van der Waals surface area contributed by atoms with Gasteiger partial charge in [0.2, 0.25) is 0 Å². The minimum absolute atomic E-state index is 0.875. The molecule has 0 aliphatic heterocycles. The number of hydrogen-bond acceptors (Lipinski definition) is 3. The molecule has 1 aromatic rings. The first-order valence-corrected chi connectivity index (χ1v) is 9.63. The van der Waals surface area contributed by atoms with Gasteiger partial charge in [0.15, 0.2) is 0 Å². The van der Waals surface area contributed by atoms with Gasteiger partial charge in [-0.2, -0.15) is 0 Å². The lowest BCUT2D eigenvalue weighted by Crippen LogP contribution is -2.54. The van der Waals surface area contributed by atoms with E-state index < -0.39 is 8.80 Å². The maximum Gasteiger partial charge on any atom is 0.536 e. The highest BCUT2D eigenvalue weighted by Gasteiger charge is 2.40. The molecule has 0 fully saturated rings. The van der Waals surface area contributed by atoms with Gasteiger partial charge in [0, 0.05) is 26.5 Å².